The maximum atomic E-state index is 13.7. The molecule has 40 heavy (non-hydrogen) atoms. The predicted molar refractivity (Wildman–Crippen MR) is 150 cm³/mol. The fraction of sp³-hybridized carbons (Fsp3) is 0.321. The molecule has 0 aromatic heterocycles. The van der Waals surface area contributed by atoms with Crippen LogP contribution in [0.1, 0.15) is 22.3 Å². The molecular formula is C28H29Cl2NO8S. The summed E-state index contributed by atoms with van der Waals surface area (Å²) in [6.07, 6.45) is 0.107. The van der Waals surface area contributed by atoms with Crippen molar-refractivity contribution in [3.63, 3.8) is 0 Å². The van der Waals surface area contributed by atoms with Crippen LogP contribution in [0.5, 0.6) is 17.2 Å². The number of carbonyl (C=O) groups is 1. The highest BCUT2D eigenvalue weighted by Gasteiger charge is 2.41. The molecule has 4 rings (SSSR count). The summed E-state index contributed by atoms with van der Waals surface area (Å²) in [4.78, 5) is 15.4. The van der Waals surface area contributed by atoms with Crippen molar-refractivity contribution in [3.05, 3.63) is 81.8 Å². The zero-order valence-corrected chi connectivity index (χ0v) is 24.5. The maximum Gasteiger partial charge on any atom is 0.296 e. The Labute approximate surface area is 243 Å². The van der Waals surface area contributed by atoms with E-state index in [2.05, 4.69) is 0 Å². The minimum Gasteiger partial charge on any atom is -0.493 e. The molecule has 1 heterocycles. The minimum absolute atomic E-state index is 0.0438. The van der Waals surface area contributed by atoms with E-state index in [1.165, 1.54) is 33.5 Å². The van der Waals surface area contributed by atoms with Crippen LogP contribution in [0, 0.1) is 0 Å². The summed E-state index contributed by atoms with van der Waals surface area (Å²) in [5, 5.41) is 0.651. The molecule has 3 aromatic rings. The number of hydrogen-bond acceptors (Lipinski definition) is 8. The van der Waals surface area contributed by atoms with Gasteiger partial charge in [0.05, 0.1) is 56.0 Å². The molecule has 9 nitrogen and oxygen atoms in total. The largest absolute Gasteiger partial charge is 0.493 e. The number of benzene rings is 3. The molecule has 1 atom stereocenters. The zero-order chi connectivity index (χ0) is 28.9. The molecule has 0 spiro atoms. The molecule has 0 N–H and O–H groups in total. The first-order valence-corrected chi connectivity index (χ1v) is 14.4. The summed E-state index contributed by atoms with van der Waals surface area (Å²) >= 11 is 12.5. The Morgan fingerprint density at radius 1 is 0.950 bits per heavy atom. The fourth-order valence-electron chi connectivity index (χ4n) is 4.57. The zero-order valence-electron chi connectivity index (χ0n) is 22.2. The lowest BCUT2D eigenvalue weighted by Crippen LogP contribution is -2.52. The van der Waals surface area contributed by atoms with Gasteiger partial charge in [0, 0.05) is 18.5 Å². The van der Waals surface area contributed by atoms with Gasteiger partial charge >= 0.3 is 0 Å². The van der Waals surface area contributed by atoms with E-state index >= 15 is 0 Å². The van der Waals surface area contributed by atoms with Gasteiger partial charge in [0.1, 0.15) is 5.60 Å². The van der Waals surface area contributed by atoms with Crippen LogP contribution in [0.3, 0.4) is 0 Å². The van der Waals surface area contributed by atoms with Crippen molar-refractivity contribution in [2.75, 3.05) is 47.6 Å². The van der Waals surface area contributed by atoms with Crippen LogP contribution in [-0.2, 0) is 24.6 Å². The molecule has 0 bridgehead atoms. The van der Waals surface area contributed by atoms with Crippen LogP contribution in [0.2, 0.25) is 10.0 Å². The lowest BCUT2D eigenvalue weighted by Gasteiger charge is -2.43. The number of halogens is 2. The summed E-state index contributed by atoms with van der Waals surface area (Å²) in [6, 6.07) is 16.0. The summed E-state index contributed by atoms with van der Waals surface area (Å²) in [7, 11) is 0.422. The number of rotatable bonds is 10. The van der Waals surface area contributed by atoms with E-state index < -0.39 is 15.7 Å². The topological polar surface area (TPSA) is 101 Å². The van der Waals surface area contributed by atoms with Crippen molar-refractivity contribution >= 4 is 39.2 Å². The second-order valence-electron chi connectivity index (χ2n) is 8.95. The molecule has 1 aliphatic rings. The number of ether oxygens (including phenoxy) is 4. The standard InChI is InChI=1S/C28H29Cl2NO8S/c1-35-24-15-19(16-25(36-2)26(24)37-3)27(32)31-12-14-38-28(18-31,20-9-10-22(29)23(30)17-20)11-13-39-40(33,34)21-7-5-4-6-8-21/h4-10,15-17H,11-14,18H2,1-3H3. The number of nitrogens with zero attached hydrogens (tertiary/aromatic N) is 1. The Hall–Kier alpha value is -3.02. The number of amides is 1. The van der Waals surface area contributed by atoms with Crippen molar-refractivity contribution in [1.29, 1.82) is 0 Å². The first-order chi connectivity index (χ1) is 19.1. The second-order valence-corrected chi connectivity index (χ2v) is 11.4. The maximum absolute atomic E-state index is 13.7. The van der Waals surface area contributed by atoms with Gasteiger partial charge in [0.2, 0.25) is 5.75 Å². The quantitative estimate of drug-likeness (QED) is 0.290. The van der Waals surface area contributed by atoms with Crippen LogP contribution in [-0.4, -0.2) is 66.9 Å². The van der Waals surface area contributed by atoms with Crippen molar-refractivity contribution in [3.8, 4) is 17.2 Å². The molecule has 1 amide bonds. The molecule has 1 saturated heterocycles. The average molecular weight is 611 g/mol. The number of morpholine rings is 1. The third kappa shape index (κ3) is 6.31. The molecule has 214 valence electrons. The molecule has 0 saturated carbocycles. The van der Waals surface area contributed by atoms with Crippen molar-refractivity contribution < 1.29 is 36.3 Å². The molecule has 1 unspecified atom stereocenters. The van der Waals surface area contributed by atoms with Crippen LogP contribution in [0.15, 0.2) is 65.6 Å². The van der Waals surface area contributed by atoms with E-state index in [9.17, 15) is 13.2 Å². The fourth-order valence-corrected chi connectivity index (χ4v) is 5.79. The van der Waals surface area contributed by atoms with Crippen LogP contribution >= 0.6 is 23.2 Å². The van der Waals surface area contributed by atoms with Crippen LogP contribution in [0.25, 0.3) is 0 Å². The van der Waals surface area contributed by atoms with E-state index in [4.69, 9.17) is 46.3 Å². The monoisotopic (exact) mass is 609 g/mol. The molecule has 3 aromatic carbocycles. The predicted octanol–water partition coefficient (Wildman–Crippen LogP) is 5.18. The molecule has 12 heteroatoms. The highest BCUT2D eigenvalue weighted by Crippen LogP contribution is 2.40. The number of methoxy groups -OCH3 is 3. The lowest BCUT2D eigenvalue weighted by molar-refractivity contribution is -0.114. The Morgan fingerprint density at radius 2 is 1.62 bits per heavy atom. The van der Waals surface area contributed by atoms with Crippen molar-refractivity contribution in [2.24, 2.45) is 0 Å². The first-order valence-electron chi connectivity index (χ1n) is 12.3. The van der Waals surface area contributed by atoms with Gasteiger partial charge in [-0.1, -0.05) is 47.5 Å². The summed E-state index contributed by atoms with van der Waals surface area (Å²) in [5.41, 5.74) is -0.179. The van der Waals surface area contributed by atoms with E-state index in [-0.39, 0.29) is 37.0 Å². The van der Waals surface area contributed by atoms with Gasteiger partial charge in [-0.05, 0) is 42.0 Å². The summed E-state index contributed by atoms with van der Waals surface area (Å²) in [5.74, 6) is 0.748. The van der Waals surface area contributed by atoms with Crippen LogP contribution < -0.4 is 14.2 Å². The minimum atomic E-state index is -4.00. The summed E-state index contributed by atoms with van der Waals surface area (Å²) in [6.45, 7) is 0.364. The van der Waals surface area contributed by atoms with Gasteiger partial charge in [-0.2, -0.15) is 8.42 Å². The molecule has 0 radical (unpaired) electrons. The van der Waals surface area contributed by atoms with Crippen molar-refractivity contribution in [1.82, 2.24) is 4.90 Å². The lowest BCUT2D eigenvalue weighted by atomic mass is 9.88. The van der Waals surface area contributed by atoms with E-state index in [0.717, 1.165) is 0 Å². The Balaban J connectivity index is 1.64. The van der Waals surface area contributed by atoms with Gasteiger partial charge in [0.15, 0.2) is 11.5 Å². The van der Waals surface area contributed by atoms with Crippen LogP contribution in [0.4, 0.5) is 0 Å². The normalized spacial score (nSPS) is 17.4. The van der Waals surface area contributed by atoms with Gasteiger partial charge in [-0.3, -0.25) is 8.98 Å². The van der Waals surface area contributed by atoms with E-state index in [0.29, 0.717) is 45.0 Å². The Morgan fingerprint density at radius 3 is 2.23 bits per heavy atom. The van der Waals surface area contributed by atoms with Gasteiger partial charge in [-0.25, -0.2) is 0 Å². The molecule has 1 aliphatic heterocycles. The smallest absolute Gasteiger partial charge is 0.296 e. The number of hydrogen-bond donors (Lipinski definition) is 0. The highest BCUT2D eigenvalue weighted by atomic mass is 35.5. The Bertz CT molecular complexity index is 1440. The van der Waals surface area contributed by atoms with Crippen molar-refractivity contribution in [2.45, 2.75) is 16.9 Å². The first kappa shape index (κ1) is 30.0. The highest BCUT2D eigenvalue weighted by molar-refractivity contribution is 7.86. The molecular weight excluding hydrogens is 581 g/mol. The molecule has 1 fully saturated rings. The summed E-state index contributed by atoms with van der Waals surface area (Å²) < 4.78 is 53.3. The van der Waals surface area contributed by atoms with Gasteiger partial charge in [0.25, 0.3) is 16.0 Å². The Kier molecular flexibility index (Phi) is 9.48. The third-order valence-corrected chi connectivity index (χ3v) is 8.67. The van der Waals surface area contributed by atoms with E-state index in [1.54, 1.807) is 53.4 Å². The average Bonchev–Trinajstić information content (AvgIpc) is 2.97. The SMILES string of the molecule is COc1cc(C(=O)N2CCOC(CCOS(=O)(=O)c3ccccc3)(c3ccc(Cl)c(Cl)c3)C2)cc(OC)c1OC. The van der Waals surface area contributed by atoms with E-state index in [1.807, 2.05) is 0 Å². The number of carbonyl (C=O) groups excluding carboxylic acids is 1. The van der Waals surface area contributed by atoms with Gasteiger partial charge in [-0.15, -0.1) is 0 Å². The molecule has 0 aliphatic carbocycles. The van der Waals surface area contributed by atoms with Gasteiger partial charge < -0.3 is 23.8 Å². The third-order valence-electron chi connectivity index (χ3n) is 6.61. The second kappa shape index (κ2) is 12.7.